The molecule has 0 atom stereocenters. The summed E-state index contributed by atoms with van der Waals surface area (Å²) in [6.45, 7) is 0.00658. The van der Waals surface area contributed by atoms with Crippen molar-refractivity contribution in [2.45, 2.75) is 0 Å². The molecule has 2 aliphatic heterocycles. The van der Waals surface area contributed by atoms with Crippen LogP contribution in [0.3, 0.4) is 0 Å². The van der Waals surface area contributed by atoms with Crippen LogP contribution in [-0.2, 0) is 0 Å². The van der Waals surface area contributed by atoms with Gasteiger partial charge in [0.15, 0.2) is 0 Å². The molecule has 0 saturated carbocycles. The molecule has 228 valence electrons. The van der Waals surface area contributed by atoms with Gasteiger partial charge >= 0.3 is 0 Å². The minimum Gasteiger partial charge on any atom is -0.311 e. The first-order valence-corrected chi connectivity index (χ1v) is 17.2. The van der Waals surface area contributed by atoms with Crippen molar-refractivity contribution in [3.8, 4) is 28.3 Å². The number of fused-ring (bicyclic) bond motifs is 7. The first-order valence-electron chi connectivity index (χ1n) is 17.2. The highest BCUT2D eigenvalue weighted by Crippen LogP contribution is 2.45. The summed E-state index contributed by atoms with van der Waals surface area (Å²) in [6, 6.07) is 62.2. The van der Waals surface area contributed by atoms with Crippen molar-refractivity contribution in [1.29, 1.82) is 5.26 Å². The van der Waals surface area contributed by atoms with E-state index in [0.717, 1.165) is 22.6 Å². The Balaban J connectivity index is 1.25. The largest absolute Gasteiger partial charge is 0.311 e. The van der Waals surface area contributed by atoms with Gasteiger partial charge in [0.2, 0.25) is 6.71 Å². The van der Waals surface area contributed by atoms with Gasteiger partial charge in [-0.15, -0.1) is 0 Å². The fourth-order valence-electron chi connectivity index (χ4n) is 8.79. The molecular formula is C47H27BN2. The molecule has 0 unspecified atom stereocenters. The van der Waals surface area contributed by atoms with Crippen LogP contribution in [0.15, 0.2) is 164 Å². The number of anilines is 3. The van der Waals surface area contributed by atoms with E-state index in [1.807, 2.05) is 0 Å². The Morgan fingerprint density at radius 2 is 1.14 bits per heavy atom. The van der Waals surface area contributed by atoms with E-state index < -0.39 is 0 Å². The summed E-state index contributed by atoms with van der Waals surface area (Å²) >= 11 is 0. The lowest BCUT2D eigenvalue weighted by Gasteiger charge is -2.41. The van der Waals surface area contributed by atoms with Gasteiger partial charge in [-0.2, -0.15) is 5.26 Å². The van der Waals surface area contributed by atoms with Gasteiger partial charge in [-0.3, -0.25) is 0 Å². The molecule has 50 heavy (non-hydrogen) atoms. The molecule has 2 aliphatic rings. The highest BCUT2D eigenvalue weighted by molar-refractivity contribution is 7.01. The van der Waals surface area contributed by atoms with E-state index in [1.54, 1.807) is 0 Å². The Kier molecular flexibility index (Phi) is 5.57. The fourth-order valence-corrected chi connectivity index (χ4v) is 8.79. The van der Waals surface area contributed by atoms with Crippen LogP contribution in [0.5, 0.6) is 0 Å². The summed E-state index contributed by atoms with van der Waals surface area (Å²) < 4.78 is 0. The van der Waals surface area contributed by atoms with E-state index in [9.17, 15) is 5.26 Å². The van der Waals surface area contributed by atoms with Crippen LogP contribution < -0.4 is 21.3 Å². The van der Waals surface area contributed by atoms with E-state index in [0.29, 0.717) is 5.56 Å². The van der Waals surface area contributed by atoms with Crippen LogP contribution in [-0.4, -0.2) is 6.71 Å². The zero-order valence-electron chi connectivity index (χ0n) is 27.1. The molecule has 0 saturated heterocycles. The summed E-state index contributed by atoms with van der Waals surface area (Å²) in [5, 5.41) is 20.3. The van der Waals surface area contributed by atoms with E-state index in [2.05, 4.69) is 175 Å². The van der Waals surface area contributed by atoms with Crippen molar-refractivity contribution in [2.24, 2.45) is 0 Å². The number of benzene rings is 9. The maximum atomic E-state index is 10.5. The third kappa shape index (κ3) is 3.79. The minimum absolute atomic E-state index is 0.00658. The van der Waals surface area contributed by atoms with Crippen LogP contribution in [0.4, 0.5) is 17.1 Å². The third-order valence-corrected chi connectivity index (χ3v) is 11.0. The zero-order valence-corrected chi connectivity index (χ0v) is 27.1. The average molecular weight is 631 g/mol. The predicted octanol–water partition coefficient (Wildman–Crippen LogP) is 10.1. The maximum absolute atomic E-state index is 10.5. The Labute approximate surface area is 290 Å². The zero-order chi connectivity index (χ0) is 32.9. The Morgan fingerprint density at radius 1 is 0.460 bits per heavy atom. The normalized spacial score (nSPS) is 12.7. The molecule has 0 spiro atoms. The molecule has 0 bridgehead atoms. The number of nitrogens with zero attached hydrogens (tertiary/aromatic N) is 2. The average Bonchev–Trinajstić information content (AvgIpc) is 3.18. The molecule has 11 rings (SSSR count). The molecule has 2 heterocycles. The smallest absolute Gasteiger partial charge is 0.248 e. The molecule has 3 heteroatoms. The summed E-state index contributed by atoms with van der Waals surface area (Å²) in [7, 11) is 0. The van der Waals surface area contributed by atoms with E-state index in [4.69, 9.17) is 0 Å². The monoisotopic (exact) mass is 630 g/mol. The Bertz CT molecular complexity index is 2970. The van der Waals surface area contributed by atoms with Crippen LogP contribution in [0.1, 0.15) is 5.56 Å². The number of nitriles is 1. The maximum Gasteiger partial charge on any atom is 0.248 e. The molecule has 9 aromatic rings. The summed E-state index contributed by atoms with van der Waals surface area (Å²) in [4.78, 5) is 2.40. The quantitative estimate of drug-likeness (QED) is 0.178. The molecule has 0 aliphatic carbocycles. The highest BCUT2D eigenvalue weighted by Gasteiger charge is 2.41. The first-order chi connectivity index (χ1) is 24.7. The molecule has 2 nitrogen and oxygen atoms in total. The number of hydrogen-bond donors (Lipinski definition) is 0. The van der Waals surface area contributed by atoms with Crippen molar-refractivity contribution in [3.63, 3.8) is 0 Å². The molecule has 0 amide bonds. The summed E-state index contributed by atoms with van der Waals surface area (Å²) in [6.07, 6.45) is 0. The molecule has 0 aromatic heterocycles. The highest BCUT2D eigenvalue weighted by atomic mass is 15.2. The van der Waals surface area contributed by atoms with Crippen molar-refractivity contribution in [3.05, 3.63) is 169 Å². The van der Waals surface area contributed by atoms with Crippen molar-refractivity contribution < 1.29 is 0 Å². The van der Waals surface area contributed by atoms with Gasteiger partial charge < -0.3 is 4.90 Å². The summed E-state index contributed by atoms with van der Waals surface area (Å²) in [5.74, 6) is 0. The topological polar surface area (TPSA) is 27.0 Å². The van der Waals surface area contributed by atoms with Gasteiger partial charge in [0.25, 0.3) is 0 Å². The lowest BCUT2D eigenvalue weighted by atomic mass is 9.32. The first kappa shape index (κ1) is 27.3. The van der Waals surface area contributed by atoms with Gasteiger partial charge in [-0.05, 0) is 113 Å². The van der Waals surface area contributed by atoms with E-state index in [-0.39, 0.29) is 6.71 Å². The van der Waals surface area contributed by atoms with Gasteiger partial charge in [-0.25, -0.2) is 0 Å². The second kappa shape index (κ2) is 10.2. The van der Waals surface area contributed by atoms with E-state index >= 15 is 0 Å². The van der Waals surface area contributed by atoms with Crippen LogP contribution in [0.2, 0.25) is 0 Å². The molecule has 0 fully saturated rings. The SMILES string of the molecule is N#Cc1cc2c3c(c1)N(c1ccc4ccccc4c1)c1cc4ccccc4cc1B3c1ccc(-c3ccc4ccccc4c3)c3cccc-2c13. The second-order valence-electron chi connectivity index (χ2n) is 13.6. The van der Waals surface area contributed by atoms with Crippen molar-refractivity contribution in [1.82, 2.24) is 0 Å². The third-order valence-electron chi connectivity index (χ3n) is 11.0. The van der Waals surface area contributed by atoms with Gasteiger partial charge in [0.05, 0.1) is 11.6 Å². The molecular weight excluding hydrogens is 603 g/mol. The van der Waals surface area contributed by atoms with E-state index in [1.165, 1.54) is 76.2 Å². The lowest BCUT2D eigenvalue weighted by Crippen LogP contribution is -2.59. The fraction of sp³-hybridized carbons (Fsp3) is 0. The lowest BCUT2D eigenvalue weighted by molar-refractivity contribution is 1.30. The molecule has 9 aromatic carbocycles. The van der Waals surface area contributed by atoms with Gasteiger partial charge in [0, 0.05) is 17.1 Å². The summed E-state index contributed by atoms with van der Waals surface area (Å²) in [5.41, 5.74) is 12.6. The number of hydrogen-bond acceptors (Lipinski definition) is 2. The molecule has 0 N–H and O–H groups in total. The van der Waals surface area contributed by atoms with Crippen molar-refractivity contribution >= 4 is 83.3 Å². The van der Waals surface area contributed by atoms with Gasteiger partial charge in [-0.1, -0.05) is 133 Å². The number of rotatable bonds is 2. The molecule has 0 radical (unpaired) electrons. The van der Waals surface area contributed by atoms with Crippen molar-refractivity contribution in [2.75, 3.05) is 4.90 Å². The predicted molar refractivity (Wildman–Crippen MR) is 211 cm³/mol. The standard InChI is InChI=1S/C47H27BN2/c49-28-29-22-41-40-15-7-14-39-38(36-17-16-30-8-1-3-10-32(30)24-36)20-21-42(46(39)40)48-43-26-34-12-5-6-13-35(34)27-44(43)50(45(23-29)47(41)48)37-19-18-31-9-2-4-11-33(31)25-37/h1-27H. The van der Waals surface area contributed by atoms with Crippen LogP contribution >= 0.6 is 0 Å². The Hall–Kier alpha value is -6.63. The Morgan fingerprint density at radius 3 is 1.90 bits per heavy atom. The van der Waals surface area contributed by atoms with Crippen LogP contribution in [0.25, 0.3) is 65.3 Å². The minimum atomic E-state index is 0.00658. The van der Waals surface area contributed by atoms with Gasteiger partial charge in [0.1, 0.15) is 0 Å². The second-order valence-corrected chi connectivity index (χ2v) is 13.6. The van der Waals surface area contributed by atoms with Crippen LogP contribution in [0, 0.1) is 11.3 Å².